The molecule has 1 atom stereocenters. The van der Waals surface area contributed by atoms with Crippen LogP contribution in [0.4, 0.5) is 0 Å². The third kappa shape index (κ3) is 18.0. The monoisotopic (exact) mass is 474 g/mol. The topological polar surface area (TPSA) is 77.8 Å². The van der Waals surface area contributed by atoms with E-state index in [0.29, 0.717) is 10.9 Å². The molecular weight excluding hydrogens is 421 g/mol. The number of rotatable bonds is 21. The van der Waals surface area contributed by atoms with E-state index in [2.05, 4.69) is 31.2 Å². The summed E-state index contributed by atoms with van der Waals surface area (Å²) in [5.41, 5.74) is 0. The van der Waals surface area contributed by atoms with Gasteiger partial charge in [-0.1, -0.05) is 82.6 Å². The van der Waals surface area contributed by atoms with Crippen LogP contribution >= 0.6 is 7.60 Å². The minimum absolute atomic E-state index is 0.0557. The third-order valence-corrected chi connectivity index (χ3v) is 7.22. The lowest BCUT2D eigenvalue weighted by Crippen LogP contribution is -2.49. The third-order valence-electron chi connectivity index (χ3n) is 5.78. The molecule has 0 aliphatic carbocycles. The summed E-state index contributed by atoms with van der Waals surface area (Å²) in [6.45, 7) is 2.30. The average molecular weight is 475 g/mol. The largest absolute Gasteiger partial charge is 0.373 e. The number of likely N-dealkylation sites (N-methyl/N-ethyl adjacent to an activating group) is 1. The Bertz CT molecular complexity index is 551. The van der Waals surface area contributed by atoms with Crippen molar-refractivity contribution < 1.29 is 23.9 Å². The van der Waals surface area contributed by atoms with Gasteiger partial charge in [-0.15, -0.1) is 0 Å². The Morgan fingerprint density at radius 1 is 0.688 bits per heavy atom. The van der Waals surface area contributed by atoms with Crippen molar-refractivity contribution in [3.05, 3.63) is 24.3 Å². The molecule has 0 aliphatic heterocycles. The van der Waals surface area contributed by atoms with E-state index >= 15 is 0 Å². The Hall–Kier alpha value is -0.450. The SMILES string of the molecule is CCCCCC/C=C\CC/C=C\CCCCCCCCCC(O)(C[N+](C)(C)C)P(=O)(O)O. The maximum atomic E-state index is 11.8. The van der Waals surface area contributed by atoms with Crippen LogP contribution < -0.4 is 0 Å². The van der Waals surface area contributed by atoms with Gasteiger partial charge in [0.2, 0.25) is 5.34 Å². The van der Waals surface area contributed by atoms with Crippen LogP contribution in [0, 0.1) is 0 Å². The predicted octanol–water partition coefficient (Wildman–Crippen LogP) is 6.93. The summed E-state index contributed by atoms with van der Waals surface area (Å²) in [7, 11) is 0.962. The predicted molar refractivity (Wildman–Crippen MR) is 138 cm³/mol. The molecule has 0 rings (SSSR count). The lowest BCUT2D eigenvalue weighted by atomic mass is 10.0. The van der Waals surface area contributed by atoms with Crippen molar-refractivity contribution in [3.63, 3.8) is 0 Å². The van der Waals surface area contributed by atoms with Crippen molar-refractivity contribution in [2.75, 3.05) is 27.7 Å². The second kappa shape index (κ2) is 18.0. The Morgan fingerprint density at radius 2 is 1.09 bits per heavy atom. The van der Waals surface area contributed by atoms with E-state index < -0.39 is 12.9 Å². The Morgan fingerprint density at radius 3 is 1.53 bits per heavy atom. The normalized spacial score (nSPS) is 15.1. The summed E-state index contributed by atoms with van der Waals surface area (Å²) in [6, 6.07) is 0. The Balaban J connectivity index is 3.67. The molecule has 1 unspecified atom stereocenters. The van der Waals surface area contributed by atoms with Gasteiger partial charge in [-0.3, -0.25) is 4.57 Å². The fourth-order valence-corrected chi connectivity index (χ4v) is 5.04. The zero-order valence-corrected chi connectivity index (χ0v) is 22.4. The average Bonchev–Trinajstić information content (AvgIpc) is 2.67. The van der Waals surface area contributed by atoms with Gasteiger partial charge in [0, 0.05) is 0 Å². The molecular formula is C26H53NO4P+. The van der Waals surface area contributed by atoms with Crippen molar-refractivity contribution in [3.8, 4) is 0 Å². The molecule has 0 aromatic rings. The number of quaternary nitrogens is 1. The molecule has 0 radical (unpaired) electrons. The molecule has 3 N–H and O–H groups in total. The van der Waals surface area contributed by atoms with Crippen LogP contribution in [0.1, 0.15) is 110 Å². The molecule has 32 heavy (non-hydrogen) atoms. The van der Waals surface area contributed by atoms with Gasteiger partial charge in [0.15, 0.2) is 0 Å². The molecule has 0 aromatic carbocycles. The van der Waals surface area contributed by atoms with E-state index in [1.165, 1.54) is 51.4 Å². The van der Waals surface area contributed by atoms with E-state index in [0.717, 1.165) is 38.5 Å². The van der Waals surface area contributed by atoms with Crippen LogP contribution in [-0.4, -0.2) is 52.4 Å². The van der Waals surface area contributed by atoms with E-state index in [9.17, 15) is 19.5 Å². The molecule has 0 aromatic heterocycles. The van der Waals surface area contributed by atoms with Crippen LogP contribution in [0.5, 0.6) is 0 Å². The Labute approximate surface area is 198 Å². The molecule has 0 bridgehead atoms. The second-order valence-electron chi connectivity index (χ2n) is 10.4. The fraction of sp³-hybridized carbons (Fsp3) is 0.846. The molecule has 0 spiro atoms. The summed E-state index contributed by atoms with van der Waals surface area (Å²) in [5, 5.41) is 8.62. The highest BCUT2D eigenvalue weighted by molar-refractivity contribution is 7.53. The molecule has 0 saturated carbocycles. The molecule has 0 heterocycles. The number of unbranched alkanes of at least 4 members (excludes halogenated alkanes) is 12. The summed E-state index contributed by atoms with van der Waals surface area (Å²) in [4.78, 5) is 19.2. The number of allylic oxidation sites excluding steroid dienone is 4. The fourth-order valence-electron chi connectivity index (χ4n) is 3.98. The number of nitrogens with zero attached hydrogens (tertiary/aromatic N) is 1. The quantitative estimate of drug-likeness (QED) is 0.0729. The highest BCUT2D eigenvalue weighted by Crippen LogP contribution is 2.52. The van der Waals surface area contributed by atoms with E-state index in [1.807, 2.05) is 21.1 Å². The van der Waals surface area contributed by atoms with Crippen molar-refractivity contribution in [1.82, 2.24) is 0 Å². The van der Waals surface area contributed by atoms with Gasteiger partial charge >= 0.3 is 7.60 Å². The van der Waals surface area contributed by atoms with Crippen molar-refractivity contribution >= 4 is 7.60 Å². The van der Waals surface area contributed by atoms with Crippen LogP contribution in [0.25, 0.3) is 0 Å². The van der Waals surface area contributed by atoms with Gasteiger partial charge in [-0.2, -0.15) is 0 Å². The van der Waals surface area contributed by atoms with Crippen LogP contribution in [-0.2, 0) is 4.57 Å². The Kier molecular flexibility index (Phi) is 17.7. The standard InChI is InChI=1S/C26H52NO4P/c1-5-6-7-8-9-10-11-12-13-14-15-16-17-18-19-20-21-22-23-24-26(28,32(29,30)31)25-27(2,3)4/h10-11,14-15,28H,5-9,12-13,16-25H2,1-4H3,(H-,29,30,31)/p+1/b11-10-,15-14-. The van der Waals surface area contributed by atoms with Gasteiger partial charge in [0.25, 0.3) is 0 Å². The highest BCUT2D eigenvalue weighted by atomic mass is 31.2. The van der Waals surface area contributed by atoms with Gasteiger partial charge < -0.3 is 19.4 Å². The molecule has 0 aliphatic rings. The van der Waals surface area contributed by atoms with Crippen molar-refractivity contribution in [1.29, 1.82) is 0 Å². The van der Waals surface area contributed by atoms with Gasteiger partial charge in [-0.05, 0) is 51.4 Å². The van der Waals surface area contributed by atoms with E-state index in [-0.39, 0.29) is 13.0 Å². The van der Waals surface area contributed by atoms with E-state index in [4.69, 9.17) is 0 Å². The maximum Gasteiger partial charge on any atom is 0.362 e. The first kappa shape index (κ1) is 31.6. The highest BCUT2D eigenvalue weighted by Gasteiger charge is 2.48. The first-order chi connectivity index (χ1) is 15.0. The van der Waals surface area contributed by atoms with Crippen molar-refractivity contribution in [2.24, 2.45) is 0 Å². The smallest absolute Gasteiger partial charge is 0.362 e. The molecule has 190 valence electrons. The zero-order chi connectivity index (χ0) is 24.3. The lowest BCUT2D eigenvalue weighted by molar-refractivity contribution is -0.875. The zero-order valence-electron chi connectivity index (χ0n) is 21.5. The molecule has 0 amide bonds. The van der Waals surface area contributed by atoms with Crippen LogP contribution in [0.15, 0.2) is 24.3 Å². The number of hydrogen-bond donors (Lipinski definition) is 3. The summed E-state index contributed by atoms with van der Waals surface area (Å²) >= 11 is 0. The summed E-state index contributed by atoms with van der Waals surface area (Å²) in [6.07, 6.45) is 26.9. The van der Waals surface area contributed by atoms with Crippen molar-refractivity contribution in [2.45, 2.75) is 115 Å². The van der Waals surface area contributed by atoms with Gasteiger partial charge in [-0.25, -0.2) is 0 Å². The van der Waals surface area contributed by atoms with Gasteiger partial charge in [0.05, 0.1) is 21.1 Å². The van der Waals surface area contributed by atoms with Gasteiger partial charge in [0.1, 0.15) is 6.54 Å². The van der Waals surface area contributed by atoms with E-state index in [1.54, 1.807) is 0 Å². The van der Waals surface area contributed by atoms with Crippen LogP contribution in [0.3, 0.4) is 0 Å². The first-order valence-electron chi connectivity index (χ1n) is 12.9. The minimum atomic E-state index is -4.55. The minimum Gasteiger partial charge on any atom is -0.373 e. The number of aliphatic hydroxyl groups is 1. The summed E-state index contributed by atoms with van der Waals surface area (Å²) in [5.74, 6) is 0. The molecule has 0 saturated heterocycles. The lowest BCUT2D eigenvalue weighted by Gasteiger charge is -2.35. The molecule has 5 nitrogen and oxygen atoms in total. The maximum absolute atomic E-state index is 11.8. The number of hydrogen-bond acceptors (Lipinski definition) is 2. The molecule has 0 fully saturated rings. The summed E-state index contributed by atoms with van der Waals surface area (Å²) < 4.78 is 12.1. The first-order valence-corrected chi connectivity index (χ1v) is 14.5. The second-order valence-corrected chi connectivity index (χ2v) is 12.3. The van der Waals surface area contributed by atoms with Crippen LogP contribution in [0.2, 0.25) is 0 Å². The molecule has 6 heteroatoms.